The molecule has 0 saturated carbocycles. The van der Waals surface area contributed by atoms with Crippen LogP contribution in [-0.4, -0.2) is 37.1 Å². The van der Waals surface area contributed by atoms with Gasteiger partial charge < -0.3 is 14.5 Å². The lowest BCUT2D eigenvalue weighted by Gasteiger charge is -2.31. The maximum atomic E-state index is 14.2. The van der Waals surface area contributed by atoms with Crippen LogP contribution in [-0.2, 0) is 16.0 Å². The van der Waals surface area contributed by atoms with Crippen LogP contribution in [0.1, 0.15) is 11.1 Å². The molecule has 1 saturated heterocycles. The molecule has 106 valence electrons. The molecule has 1 fully saturated rings. The average Bonchev–Trinajstić information content (AvgIpc) is 2.88. The number of nitrogens with two attached hydrogens (primary N) is 1. The fraction of sp³-hybridized carbons (Fsp3) is 0.357. The summed E-state index contributed by atoms with van der Waals surface area (Å²) < 4.78 is 19.5. The van der Waals surface area contributed by atoms with Gasteiger partial charge >= 0.3 is 0 Å². The standard InChI is InChI=1S/C14H16FN3O2/c15-11-3-1-2-9-8-10(14(16)20-17)13(12(9)11)18-4-6-19-7-5-18/h1-3,16H,4-8,17H2. The van der Waals surface area contributed by atoms with Gasteiger partial charge in [-0.1, -0.05) is 12.1 Å². The van der Waals surface area contributed by atoms with Crippen molar-refractivity contribution in [2.45, 2.75) is 6.42 Å². The lowest BCUT2D eigenvalue weighted by Crippen LogP contribution is -2.36. The van der Waals surface area contributed by atoms with E-state index in [0.717, 1.165) is 11.3 Å². The number of rotatable bonds is 2. The van der Waals surface area contributed by atoms with Crippen molar-refractivity contribution in [3.63, 3.8) is 0 Å². The minimum absolute atomic E-state index is 0.109. The minimum Gasteiger partial charge on any atom is -0.391 e. The fourth-order valence-corrected chi connectivity index (χ4v) is 2.80. The van der Waals surface area contributed by atoms with E-state index in [1.54, 1.807) is 6.07 Å². The van der Waals surface area contributed by atoms with Crippen LogP contribution in [0.5, 0.6) is 0 Å². The van der Waals surface area contributed by atoms with E-state index in [2.05, 4.69) is 4.84 Å². The summed E-state index contributed by atoms with van der Waals surface area (Å²) in [5.41, 5.74) is 2.78. The van der Waals surface area contributed by atoms with Crippen molar-refractivity contribution < 1.29 is 14.0 Å². The Morgan fingerprint density at radius 3 is 2.80 bits per heavy atom. The molecular weight excluding hydrogens is 261 g/mol. The van der Waals surface area contributed by atoms with E-state index >= 15 is 0 Å². The number of fused-ring (bicyclic) bond motifs is 1. The molecule has 0 aromatic heterocycles. The van der Waals surface area contributed by atoms with Crippen molar-refractivity contribution >= 4 is 11.6 Å². The van der Waals surface area contributed by atoms with Gasteiger partial charge in [-0.25, -0.2) is 4.39 Å². The lowest BCUT2D eigenvalue weighted by atomic mass is 10.1. The number of nitrogens with zero attached hydrogens (tertiary/aromatic N) is 1. The number of ether oxygens (including phenoxy) is 1. The fourth-order valence-electron chi connectivity index (χ4n) is 2.80. The summed E-state index contributed by atoms with van der Waals surface area (Å²) in [5.74, 6) is 4.74. The molecule has 0 atom stereocenters. The monoisotopic (exact) mass is 277 g/mol. The van der Waals surface area contributed by atoms with Gasteiger partial charge in [0, 0.05) is 30.6 Å². The number of halogens is 1. The number of hydrogen-bond donors (Lipinski definition) is 2. The summed E-state index contributed by atoms with van der Waals surface area (Å²) in [6.45, 7) is 2.53. The van der Waals surface area contributed by atoms with Gasteiger partial charge in [0.15, 0.2) is 0 Å². The molecule has 1 aliphatic heterocycles. The quantitative estimate of drug-likeness (QED) is 0.485. The second-order valence-electron chi connectivity index (χ2n) is 4.82. The first-order valence-corrected chi connectivity index (χ1v) is 6.51. The number of hydrogen-bond acceptors (Lipinski definition) is 5. The molecule has 6 heteroatoms. The van der Waals surface area contributed by atoms with Gasteiger partial charge in [-0.2, -0.15) is 5.90 Å². The molecule has 1 heterocycles. The summed E-state index contributed by atoms with van der Waals surface area (Å²) in [4.78, 5) is 6.61. The van der Waals surface area contributed by atoms with Crippen molar-refractivity contribution in [1.29, 1.82) is 5.41 Å². The topological polar surface area (TPSA) is 71.6 Å². The maximum Gasteiger partial charge on any atom is 0.235 e. The summed E-state index contributed by atoms with van der Waals surface area (Å²) >= 11 is 0. The predicted molar refractivity (Wildman–Crippen MR) is 72.4 cm³/mol. The van der Waals surface area contributed by atoms with Gasteiger partial charge in [0.2, 0.25) is 5.90 Å². The Kier molecular flexibility index (Phi) is 3.42. The van der Waals surface area contributed by atoms with E-state index in [0.29, 0.717) is 43.9 Å². The first kappa shape index (κ1) is 13.1. The second-order valence-corrected chi connectivity index (χ2v) is 4.82. The molecular formula is C14H16FN3O2. The first-order valence-electron chi connectivity index (χ1n) is 6.51. The lowest BCUT2D eigenvalue weighted by molar-refractivity contribution is 0.0637. The molecule has 20 heavy (non-hydrogen) atoms. The molecule has 0 radical (unpaired) electrons. The smallest absolute Gasteiger partial charge is 0.235 e. The van der Waals surface area contributed by atoms with Crippen LogP contribution in [0.25, 0.3) is 5.70 Å². The summed E-state index contributed by atoms with van der Waals surface area (Å²) in [6, 6.07) is 4.99. The van der Waals surface area contributed by atoms with Crippen LogP contribution in [0.3, 0.4) is 0 Å². The molecule has 3 rings (SSSR count). The molecule has 0 bridgehead atoms. The van der Waals surface area contributed by atoms with Gasteiger partial charge in [0.25, 0.3) is 0 Å². The number of benzene rings is 1. The summed E-state index contributed by atoms with van der Waals surface area (Å²) in [6.07, 6.45) is 0.468. The molecule has 3 N–H and O–H groups in total. The Morgan fingerprint density at radius 2 is 2.10 bits per heavy atom. The van der Waals surface area contributed by atoms with Crippen molar-refractivity contribution in [2.24, 2.45) is 5.90 Å². The number of morpholine rings is 1. The SMILES string of the molecule is N=C(ON)C1=C(N2CCOCC2)c2c(F)cccc2C1. The molecule has 1 aliphatic carbocycles. The summed E-state index contributed by atoms with van der Waals surface area (Å²) in [5, 5.41) is 7.84. The van der Waals surface area contributed by atoms with E-state index in [4.69, 9.17) is 16.0 Å². The molecule has 1 aromatic carbocycles. The van der Waals surface area contributed by atoms with Crippen LogP contribution in [0, 0.1) is 11.2 Å². The number of nitrogens with one attached hydrogen (secondary N) is 1. The van der Waals surface area contributed by atoms with E-state index in [1.165, 1.54) is 6.07 Å². The normalized spacial score (nSPS) is 18.2. The van der Waals surface area contributed by atoms with Crippen molar-refractivity contribution in [3.05, 3.63) is 40.7 Å². The third-order valence-corrected chi connectivity index (χ3v) is 3.71. The highest BCUT2D eigenvalue weighted by Crippen LogP contribution is 2.37. The molecule has 5 nitrogen and oxygen atoms in total. The van der Waals surface area contributed by atoms with Crippen molar-refractivity contribution in [1.82, 2.24) is 4.90 Å². The molecule has 0 amide bonds. The van der Waals surface area contributed by atoms with Crippen LogP contribution in [0.15, 0.2) is 23.8 Å². The van der Waals surface area contributed by atoms with E-state index in [1.807, 2.05) is 11.0 Å². The minimum atomic E-state index is -0.274. The first-order chi connectivity index (χ1) is 9.72. The molecule has 1 aromatic rings. The van der Waals surface area contributed by atoms with Gasteiger partial charge in [-0.05, 0) is 11.6 Å². The molecule has 0 unspecified atom stereocenters. The highest BCUT2D eigenvalue weighted by Gasteiger charge is 2.32. The second kappa shape index (κ2) is 5.22. The van der Waals surface area contributed by atoms with E-state index in [9.17, 15) is 4.39 Å². The zero-order valence-electron chi connectivity index (χ0n) is 11.0. The predicted octanol–water partition coefficient (Wildman–Crippen LogP) is 1.29. The highest BCUT2D eigenvalue weighted by molar-refractivity contribution is 6.02. The third-order valence-electron chi connectivity index (χ3n) is 3.71. The summed E-state index contributed by atoms with van der Waals surface area (Å²) in [7, 11) is 0. The molecule has 2 aliphatic rings. The van der Waals surface area contributed by atoms with Crippen LogP contribution < -0.4 is 5.90 Å². The molecule has 0 spiro atoms. The Morgan fingerprint density at radius 1 is 1.35 bits per heavy atom. The average molecular weight is 277 g/mol. The van der Waals surface area contributed by atoms with Crippen LogP contribution in [0.2, 0.25) is 0 Å². The van der Waals surface area contributed by atoms with E-state index in [-0.39, 0.29) is 11.7 Å². The van der Waals surface area contributed by atoms with Crippen LogP contribution in [0.4, 0.5) is 4.39 Å². The van der Waals surface area contributed by atoms with Crippen molar-refractivity contribution in [2.75, 3.05) is 26.3 Å². The maximum absolute atomic E-state index is 14.2. The Balaban J connectivity index is 2.09. The van der Waals surface area contributed by atoms with Crippen molar-refractivity contribution in [3.8, 4) is 0 Å². The largest absolute Gasteiger partial charge is 0.391 e. The zero-order chi connectivity index (χ0) is 14.1. The Bertz CT molecular complexity index is 580. The van der Waals surface area contributed by atoms with Gasteiger partial charge in [0.1, 0.15) is 5.82 Å². The van der Waals surface area contributed by atoms with E-state index < -0.39 is 0 Å². The Hall–Kier alpha value is -1.92. The third kappa shape index (κ3) is 2.07. The highest BCUT2D eigenvalue weighted by atomic mass is 19.1. The van der Waals surface area contributed by atoms with Gasteiger partial charge in [-0.15, -0.1) is 0 Å². The van der Waals surface area contributed by atoms with Crippen LogP contribution >= 0.6 is 0 Å². The van der Waals surface area contributed by atoms with Gasteiger partial charge in [0.05, 0.1) is 18.9 Å². The van der Waals surface area contributed by atoms with Gasteiger partial charge in [-0.3, -0.25) is 5.41 Å². The Labute approximate surface area is 116 Å². The zero-order valence-corrected chi connectivity index (χ0v) is 11.0.